The maximum Gasteiger partial charge on any atom is 0.248 e. The Morgan fingerprint density at radius 3 is 2.58 bits per heavy atom. The Morgan fingerprint density at radius 1 is 1.12 bits per heavy atom. The van der Waals surface area contributed by atoms with Crippen LogP contribution in [0, 0.1) is 0 Å². The van der Waals surface area contributed by atoms with Crippen molar-refractivity contribution in [1.82, 2.24) is 4.98 Å². The van der Waals surface area contributed by atoms with Gasteiger partial charge in [0.1, 0.15) is 0 Å². The minimum Gasteiger partial charge on any atom is -0.321 e. The van der Waals surface area contributed by atoms with E-state index in [9.17, 15) is 4.79 Å². The molecule has 3 rings (SSSR count). The highest BCUT2D eigenvalue weighted by atomic mass is 16.1. The van der Waals surface area contributed by atoms with Crippen molar-refractivity contribution in [2.75, 3.05) is 5.32 Å². The molecule has 0 saturated carbocycles. The molecule has 3 aromatic rings. The molecular formula is C23H24N2O. The number of pyridine rings is 1. The number of nitrogens with one attached hydrogen (secondary N) is 1. The molecule has 0 atom stereocenters. The average Bonchev–Trinajstić information content (AvgIpc) is 2.66. The summed E-state index contributed by atoms with van der Waals surface area (Å²) in [5, 5.41) is 3.86. The van der Waals surface area contributed by atoms with Gasteiger partial charge < -0.3 is 5.32 Å². The highest BCUT2D eigenvalue weighted by Crippen LogP contribution is 2.26. The number of amides is 1. The number of para-hydroxylation sites is 1. The molecule has 0 fully saturated rings. The van der Waals surface area contributed by atoms with E-state index in [0.29, 0.717) is 5.69 Å². The Labute approximate surface area is 154 Å². The molecule has 1 aromatic heterocycles. The second-order valence-corrected chi connectivity index (χ2v) is 7.10. The summed E-state index contributed by atoms with van der Waals surface area (Å²) >= 11 is 0. The summed E-state index contributed by atoms with van der Waals surface area (Å²) in [7, 11) is 0. The number of rotatable bonds is 5. The standard InChI is InChI=1S/C23H24N2O/c1-4-23(2,3)19-12-9-17(10-13-19)11-14-22(26)25-20-15-18-7-5-6-8-21(18)24-16-20/h5-16H,4H2,1-3H3,(H,25,26). The Kier molecular flexibility index (Phi) is 5.17. The van der Waals surface area contributed by atoms with Crippen LogP contribution in [0.5, 0.6) is 0 Å². The third-order valence-electron chi connectivity index (χ3n) is 4.86. The van der Waals surface area contributed by atoms with Crippen LogP contribution in [0.25, 0.3) is 17.0 Å². The van der Waals surface area contributed by atoms with Crippen molar-refractivity contribution in [3.8, 4) is 0 Å². The molecule has 3 nitrogen and oxygen atoms in total. The number of aromatic nitrogens is 1. The van der Waals surface area contributed by atoms with Gasteiger partial charge in [0.25, 0.3) is 0 Å². The van der Waals surface area contributed by atoms with Crippen LogP contribution in [0.3, 0.4) is 0 Å². The molecule has 0 radical (unpaired) electrons. The summed E-state index contributed by atoms with van der Waals surface area (Å²) in [6.45, 7) is 6.67. The normalized spacial score (nSPS) is 11.8. The molecule has 1 amide bonds. The molecule has 0 saturated heterocycles. The molecule has 0 spiro atoms. The Morgan fingerprint density at radius 2 is 1.85 bits per heavy atom. The lowest BCUT2D eigenvalue weighted by Gasteiger charge is -2.23. The average molecular weight is 344 g/mol. The molecule has 0 bridgehead atoms. The fraction of sp³-hybridized carbons (Fsp3) is 0.217. The van der Waals surface area contributed by atoms with Crippen LogP contribution in [-0.2, 0) is 10.2 Å². The van der Waals surface area contributed by atoms with Crippen LogP contribution in [0.15, 0.2) is 66.9 Å². The first-order chi connectivity index (χ1) is 12.5. The topological polar surface area (TPSA) is 42.0 Å². The van der Waals surface area contributed by atoms with Gasteiger partial charge in [0.05, 0.1) is 17.4 Å². The number of nitrogens with zero attached hydrogens (tertiary/aromatic N) is 1. The molecular weight excluding hydrogens is 320 g/mol. The number of hydrogen-bond donors (Lipinski definition) is 1. The number of carbonyl (C=O) groups is 1. The summed E-state index contributed by atoms with van der Waals surface area (Å²) in [5.41, 5.74) is 4.09. The molecule has 0 unspecified atom stereocenters. The second kappa shape index (κ2) is 7.52. The lowest BCUT2D eigenvalue weighted by molar-refractivity contribution is -0.111. The SMILES string of the molecule is CCC(C)(C)c1ccc(C=CC(=O)Nc2cnc3ccccc3c2)cc1. The van der Waals surface area contributed by atoms with Gasteiger partial charge >= 0.3 is 0 Å². The van der Waals surface area contributed by atoms with E-state index in [-0.39, 0.29) is 11.3 Å². The van der Waals surface area contributed by atoms with Crippen molar-refractivity contribution in [2.24, 2.45) is 0 Å². The summed E-state index contributed by atoms with van der Waals surface area (Å²) in [6, 6.07) is 18.1. The third-order valence-corrected chi connectivity index (χ3v) is 4.86. The molecule has 3 heteroatoms. The molecule has 132 valence electrons. The van der Waals surface area contributed by atoms with E-state index >= 15 is 0 Å². The van der Waals surface area contributed by atoms with Gasteiger partial charge in [0, 0.05) is 11.5 Å². The van der Waals surface area contributed by atoms with Gasteiger partial charge in [-0.3, -0.25) is 9.78 Å². The molecule has 2 aromatic carbocycles. The van der Waals surface area contributed by atoms with Crippen molar-refractivity contribution < 1.29 is 4.79 Å². The number of benzene rings is 2. The quantitative estimate of drug-likeness (QED) is 0.614. The zero-order valence-electron chi connectivity index (χ0n) is 15.5. The van der Waals surface area contributed by atoms with Gasteiger partial charge in [-0.25, -0.2) is 0 Å². The number of carbonyl (C=O) groups excluding carboxylic acids is 1. The summed E-state index contributed by atoms with van der Waals surface area (Å²) in [5.74, 6) is -0.167. The lowest BCUT2D eigenvalue weighted by Crippen LogP contribution is -2.15. The molecule has 0 aliphatic carbocycles. The molecule has 0 aliphatic rings. The van der Waals surface area contributed by atoms with E-state index in [1.807, 2.05) is 48.5 Å². The van der Waals surface area contributed by atoms with Crippen LogP contribution in [0.2, 0.25) is 0 Å². The lowest BCUT2D eigenvalue weighted by atomic mass is 9.82. The molecule has 0 aliphatic heterocycles. The number of anilines is 1. The minimum absolute atomic E-state index is 0.167. The summed E-state index contributed by atoms with van der Waals surface area (Å²) in [6.07, 6.45) is 6.14. The van der Waals surface area contributed by atoms with Crippen molar-refractivity contribution in [1.29, 1.82) is 0 Å². The third kappa shape index (κ3) is 4.17. The summed E-state index contributed by atoms with van der Waals surface area (Å²) in [4.78, 5) is 16.5. The second-order valence-electron chi connectivity index (χ2n) is 7.10. The van der Waals surface area contributed by atoms with Crippen molar-refractivity contribution >= 4 is 28.6 Å². The van der Waals surface area contributed by atoms with Gasteiger partial charge in [0.2, 0.25) is 5.91 Å². The maximum absolute atomic E-state index is 12.2. The van der Waals surface area contributed by atoms with Crippen molar-refractivity contribution in [2.45, 2.75) is 32.6 Å². The Hall–Kier alpha value is -2.94. The predicted molar refractivity (Wildman–Crippen MR) is 109 cm³/mol. The smallest absolute Gasteiger partial charge is 0.248 e. The highest BCUT2D eigenvalue weighted by molar-refractivity contribution is 6.02. The Bertz CT molecular complexity index is 940. The first kappa shape index (κ1) is 17.9. The monoisotopic (exact) mass is 344 g/mol. The van der Waals surface area contributed by atoms with Crippen LogP contribution in [-0.4, -0.2) is 10.9 Å². The van der Waals surface area contributed by atoms with Crippen molar-refractivity contribution in [3.05, 3.63) is 78.0 Å². The van der Waals surface area contributed by atoms with Gasteiger partial charge in [-0.1, -0.05) is 63.2 Å². The van der Waals surface area contributed by atoms with Gasteiger partial charge in [-0.15, -0.1) is 0 Å². The highest BCUT2D eigenvalue weighted by Gasteiger charge is 2.17. The number of fused-ring (bicyclic) bond motifs is 1. The first-order valence-corrected chi connectivity index (χ1v) is 8.92. The summed E-state index contributed by atoms with van der Waals surface area (Å²) < 4.78 is 0. The maximum atomic E-state index is 12.2. The fourth-order valence-electron chi connectivity index (χ4n) is 2.74. The molecule has 1 N–H and O–H groups in total. The Balaban J connectivity index is 1.67. The zero-order chi connectivity index (χ0) is 18.6. The van der Waals surface area contributed by atoms with E-state index in [0.717, 1.165) is 22.9 Å². The largest absolute Gasteiger partial charge is 0.321 e. The number of hydrogen-bond acceptors (Lipinski definition) is 2. The predicted octanol–water partition coefficient (Wildman–Crippen LogP) is 5.57. The van der Waals surface area contributed by atoms with E-state index < -0.39 is 0 Å². The van der Waals surface area contributed by atoms with Crippen LogP contribution in [0.4, 0.5) is 5.69 Å². The van der Waals surface area contributed by atoms with E-state index in [2.05, 4.69) is 43.2 Å². The minimum atomic E-state index is -0.167. The van der Waals surface area contributed by atoms with E-state index in [1.165, 1.54) is 5.56 Å². The van der Waals surface area contributed by atoms with Gasteiger partial charge in [-0.05, 0) is 41.2 Å². The first-order valence-electron chi connectivity index (χ1n) is 8.92. The van der Waals surface area contributed by atoms with Gasteiger partial charge in [0.15, 0.2) is 0 Å². The van der Waals surface area contributed by atoms with Crippen molar-refractivity contribution in [3.63, 3.8) is 0 Å². The van der Waals surface area contributed by atoms with Gasteiger partial charge in [-0.2, -0.15) is 0 Å². The van der Waals surface area contributed by atoms with E-state index in [1.54, 1.807) is 12.3 Å². The zero-order valence-corrected chi connectivity index (χ0v) is 15.5. The van der Waals surface area contributed by atoms with Crippen LogP contribution in [0.1, 0.15) is 38.3 Å². The fourth-order valence-corrected chi connectivity index (χ4v) is 2.74. The van der Waals surface area contributed by atoms with Crippen LogP contribution >= 0.6 is 0 Å². The molecule has 1 heterocycles. The molecule has 26 heavy (non-hydrogen) atoms. The van der Waals surface area contributed by atoms with E-state index in [4.69, 9.17) is 0 Å². The van der Waals surface area contributed by atoms with Crippen LogP contribution < -0.4 is 5.32 Å².